The van der Waals surface area contributed by atoms with Gasteiger partial charge in [-0.2, -0.15) is 0 Å². The third kappa shape index (κ3) is 4.50. The van der Waals surface area contributed by atoms with Crippen LogP contribution in [0.4, 0.5) is 0 Å². The Hall–Kier alpha value is -1.06. The first-order valence-corrected chi connectivity index (χ1v) is 3.76. The zero-order valence-corrected chi connectivity index (χ0v) is 8.00. The van der Waals surface area contributed by atoms with E-state index in [0.717, 1.165) is 5.56 Å². The summed E-state index contributed by atoms with van der Waals surface area (Å²) in [5, 5.41) is 8.56. The highest BCUT2D eigenvalue weighted by Gasteiger charge is 1.89. The molecule has 4 heteroatoms. The molecule has 1 aromatic rings. The van der Waals surface area contributed by atoms with Crippen molar-refractivity contribution in [2.45, 2.75) is 6.54 Å². The lowest BCUT2D eigenvalue weighted by Crippen LogP contribution is -2.16. The third-order valence-corrected chi connectivity index (χ3v) is 1.47. The minimum atomic E-state index is -0.174. The molecule has 3 N–H and O–H groups in total. The number of halogens is 1. The van der Waals surface area contributed by atoms with E-state index in [9.17, 15) is 0 Å². The van der Waals surface area contributed by atoms with Crippen molar-refractivity contribution < 1.29 is 5.11 Å². The molecule has 1 rings (SSSR count). The minimum Gasteiger partial charge on any atom is -0.388 e. The molecule has 0 spiro atoms. The number of nitrogens with zero attached hydrogens (tertiary/aromatic N) is 1. The molecular formula is C9H13ClN2O. The fraction of sp³-hybridized carbons (Fsp3) is 0.222. The van der Waals surface area contributed by atoms with E-state index in [4.69, 9.17) is 10.8 Å². The molecular weight excluding hydrogens is 188 g/mol. The summed E-state index contributed by atoms with van der Waals surface area (Å²) in [6.45, 7) is 0.361. The van der Waals surface area contributed by atoms with Crippen molar-refractivity contribution in [1.29, 1.82) is 0 Å². The summed E-state index contributed by atoms with van der Waals surface area (Å²) in [5.74, 6) is 0.277. The fourth-order valence-electron chi connectivity index (χ4n) is 0.826. The first-order chi connectivity index (χ1) is 5.83. The van der Waals surface area contributed by atoms with Crippen molar-refractivity contribution in [3.8, 4) is 0 Å². The summed E-state index contributed by atoms with van der Waals surface area (Å²) >= 11 is 0. The van der Waals surface area contributed by atoms with Gasteiger partial charge in [0.1, 0.15) is 12.4 Å². The molecule has 0 radical (unpaired) electrons. The summed E-state index contributed by atoms with van der Waals surface area (Å²) < 4.78 is 0. The van der Waals surface area contributed by atoms with Crippen LogP contribution in [0.5, 0.6) is 0 Å². The van der Waals surface area contributed by atoms with Crippen LogP contribution in [-0.2, 0) is 6.54 Å². The highest BCUT2D eigenvalue weighted by atomic mass is 35.5. The van der Waals surface area contributed by atoms with Gasteiger partial charge in [0, 0.05) is 0 Å². The second-order valence-corrected chi connectivity index (χ2v) is 2.45. The maximum Gasteiger partial charge on any atom is 0.120 e. The van der Waals surface area contributed by atoms with E-state index in [1.165, 1.54) is 0 Å². The van der Waals surface area contributed by atoms with Gasteiger partial charge >= 0.3 is 0 Å². The van der Waals surface area contributed by atoms with Crippen LogP contribution >= 0.6 is 12.4 Å². The third-order valence-electron chi connectivity index (χ3n) is 1.47. The van der Waals surface area contributed by atoms with Crippen molar-refractivity contribution in [2.24, 2.45) is 10.7 Å². The van der Waals surface area contributed by atoms with E-state index < -0.39 is 0 Å². The van der Waals surface area contributed by atoms with Crippen LogP contribution in [0.2, 0.25) is 0 Å². The van der Waals surface area contributed by atoms with Crippen LogP contribution < -0.4 is 5.73 Å². The van der Waals surface area contributed by atoms with Crippen molar-refractivity contribution in [3.63, 3.8) is 0 Å². The van der Waals surface area contributed by atoms with Gasteiger partial charge in [-0.3, -0.25) is 4.99 Å². The van der Waals surface area contributed by atoms with Gasteiger partial charge in [0.25, 0.3) is 0 Å². The highest BCUT2D eigenvalue weighted by Crippen LogP contribution is 1.99. The molecule has 0 aliphatic heterocycles. The summed E-state index contributed by atoms with van der Waals surface area (Å²) in [6.07, 6.45) is 0. The lowest BCUT2D eigenvalue weighted by atomic mass is 10.2. The van der Waals surface area contributed by atoms with Crippen molar-refractivity contribution in [3.05, 3.63) is 35.9 Å². The Labute approximate surface area is 83.7 Å². The number of aliphatic hydroxyl groups excluding tert-OH is 1. The first-order valence-electron chi connectivity index (χ1n) is 3.76. The van der Waals surface area contributed by atoms with E-state index in [1.807, 2.05) is 30.3 Å². The van der Waals surface area contributed by atoms with Gasteiger partial charge in [0.05, 0.1) is 6.54 Å². The number of benzene rings is 1. The topological polar surface area (TPSA) is 58.6 Å². The Morgan fingerprint density at radius 1 is 1.31 bits per heavy atom. The first kappa shape index (κ1) is 11.9. The van der Waals surface area contributed by atoms with Crippen LogP contribution in [0.15, 0.2) is 35.3 Å². The highest BCUT2D eigenvalue weighted by molar-refractivity contribution is 5.85. The Morgan fingerprint density at radius 3 is 2.46 bits per heavy atom. The summed E-state index contributed by atoms with van der Waals surface area (Å²) in [6, 6.07) is 9.77. The molecule has 0 aromatic heterocycles. The average molecular weight is 201 g/mol. The number of rotatable bonds is 3. The lowest BCUT2D eigenvalue weighted by molar-refractivity contribution is 0.355. The smallest absolute Gasteiger partial charge is 0.120 e. The summed E-state index contributed by atoms with van der Waals surface area (Å²) in [5.41, 5.74) is 6.41. The minimum absolute atomic E-state index is 0. The molecule has 0 saturated heterocycles. The zero-order chi connectivity index (χ0) is 8.81. The van der Waals surface area contributed by atoms with E-state index >= 15 is 0 Å². The molecule has 0 unspecified atom stereocenters. The van der Waals surface area contributed by atoms with Crippen molar-refractivity contribution in [2.75, 3.05) is 6.61 Å². The van der Waals surface area contributed by atoms with Crippen LogP contribution in [0, 0.1) is 0 Å². The van der Waals surface area contributed by atoms with Gasteiger partial charge in [-0.25, -0.2) is 0 Å². The predicted molar refractivity (Wildman–Crippen MR) is 56.1 cm³/mol. The molecule has 72 valence electrons. The molecule has 0 heterocycles. The van der Waals surface area contributed by atoms with Crippen molar-refractivity contribution in [1.82, 2.24) is 0 Å². The zero-order valence-electron chi connectivity index (χ0n) is 7.18. The number of hydrogen-bond acceptors (Lipinski definition) is 2. The molecule has 13 heavy (non-hydrogen) atoms. The number of hydrogen-bond donors (Lipinski definition) is 2. The summed E-state index contributed by atoms with van der Waals surface area (Å²) in [4.78, 5) is 3.96. The van der Waals surface area contributed by atoms with Gasteiger partial charge < -0.3 is 10.8 Å². The number of nitrogens with two attached hydrogens (primary N) is 1. The van der Waals surface area contributed by atoms with Crippen LogP contribution in [0.1, 0.15) is 5.56 Å². The van der Waals surface area contributed by atoms with Gasteiger partial charge in [-0.05, 0) is 5.56 Å². The second-order valence-electron chi connectivity index (χ2n) is 2.45. The number of aliphatic hydroxyl groups is 1. The Bertz CT molecular complexity index is 262. The standard InChI is InChI=1S/C9H12N2O.ClH/c10-9(7-12)11-6-8-4-2-1-3-5-8;/h1-5,12H,6-7H2,(H2,10,11);1H. The second kappa shape index (κ2) is 6.46. The lowest BCUT2D eigenvalue weighted by Gasteiger charge is -1.96. The molecule has 0 aliphatic carbocycles. The molecule has 0 aliphatic rings. The van der Waals surface area contributed by atoms with Crippen LogP contribution in [-0.4, -0.2) is 17.5 Å². The molecule has 3 nitrogen and oxygen atoms in total. The Kier molecular flexibility index (Phi) is 5.93. The molecule has 0 fully saturated rings. The molecule has 1 aromatic carbocycles. The van der Waals surface area contributed by atoms with Gasteiger partial charge in [-0.1, -0.05) is 30.3 Å². The summed E-state index contributed by atoms with van der Waals surface area (Å²) in [7, 11) is 0. The molecule has 0 atom stereocenters. The predicted octanol–water partition coefficient (Wildman–Crippen LogP) is 0.958. The van der Waals surface area contributed by atoms with E-state index in [1.54, 1.807) is 0 Å². The fourth-order valence-corrected chi connectivity index (χ4v) is 0.826. The van der Waals surface area contributed by atoms with E-state index in [0.29, 0.717) is 6.54 Å². The van der Waals surface area contributed by atoms with E-state index in [-0.39, 0.29) is 24.8 Å². The van der Waals surface area contributed by atoms with Gasteiger partial charge in [0.15, 0.2) is 0 Å². The number of aliphatic imine (C=N–C) groups is 1. The Balaban J connectivity index is 0.00000144. The molecule has 0 saturated carbocycles. The maximum atomic E-state index is 8.56. The average Bonchev–Trinajstić information content (AvgIpc) is 2.16. The Morgan fingerprint density at radius 2 is 1.92 bits per heavy atom. The quantitative estimate of drug-likeness (QED) is 0.564. The van der Waals surface area contributed by atoms with E-state index in [2.05, 4.69) is 4.99 Å². The van der Waals surface area contributed by atoms with Crippen LogP contribution in [0.3, 0.4) is 0 Å². The van der Waals surface area contributed by atoms with Gasteiger partial charge in [0.2, 0.25) is 0 Å². The van der Waals surface area contributed by atoms with Gasteiger partial charge in [-0.15, -0.1) is 12.4 Å². The normalized spacial score (nSPS) is 10.7. The number of amidine groups is 1. The SMILES string of the molecule is Cl.NC(CO)=NCc1ccccc1. The largest absolute Gasteiger partial charge is 0.388 e. The van der Waals surface area contributed by atoms with Crippen LogP contribution in [0.25, 0.3) is 0 Å². The monoisotopic (exact) mass is 200 g/mol. The molecule has 0 amide bonds. The molecule has 0 bridgehead atoms. The maximum absolute atomic E-state index is 8.56. The van der Waals surface area contributed by atoms with Crippen molar-refractivity contribution >= 4 is 18.2 Å².